The lowest BCUT2D eigenvalue weighted by Gasteiger charge is -2.02. The third kappa shape index (κ3) is 2.50. The van der Waals surface area contributed by atoms with Gasteiger partial charge in [0.2, 0.25) is 0 Å². The minimum atomic E-state index is -0.0108. The Morgan fingerprint density at radius 1 is 0.947 bits per heavy atom. The molecule has 3 rings (SSSR count). The summed E-state index contributed by atoms with van der Waals surface area (Å²) in [4.78, 5) is 20.6. The maximum Gasteiger partial charge on any atom is 0.187 e. The molecule has 0 spiro atoms. The zero-order valence-corrected chi connectivity index (χ0v) is 10.3. The van der Waals surface area contributed by atoms with Crippen molar-refractivity contribution in [2.45, 2.75) is 6.42 Å². The second-order valence-electron chi connectivity index (χ2n) is 4.31. The number of fused-ring (bicyclic) bond motifs is 1. The molecule has 0 saturated heterocycles. The van der Waals surface area contributed by atoms with Crippen molar-refractivity contribution < 1.29 is 4.79 Å². The van der Waals surface area contributed by atoms with E-state index < -0.39 is 0 Å². The molecule has 3 heteroatoms. The Bertz CT molecular complexity index is 723. The van der Waals surface area contributed by atoms with E-state index in [1.165, 1.54) is 0 Å². The predicted molar refractivity (Wildman–Crippen MR) is 74.0 cm³/mol. The van der Waals surface area contributed by atoms with Gasteiger partial charge in [0.15, 0.2) is 5.78 Å². The van der Waals surface area contributed by atoms with Crippen LogP contribution in [0, 0.1) is 0 Å². The number of ketones is 1. The van der Waals surface area contributed by atoms with E-state index in [0.717, 1.165) is 16.6 Å². The fourth-order valence-corrected chi connectivity index (χ4v) is 1.99. The maximum absolute atomic E-state index is 12.0. The highest BCUT2D eigenvalue weighted by atomic mass is 16.1. The predicted octanol–water partition coefficient (Wildman–Crippen LogP) is 3.06. The van der Waals surface area contributed by atoms with Gasteiger partial charge in [0, 0.05) is 17.3 Å². The van der Waals surface area contributed by atoms with Gasteiger partial charge in [-0.15, -0.1) is 0 Å². The Kier molecular flexibility index (Phi) is 3.02. The molecule has 19 heavy (non-hydrogen) atoms. The van der Waals surface area contributed by atoms with Crippen molar-refractivity contribution in [2.75, 3.05) is 0 Å². The van der Waals surface area contributed by atoms with Crippen LogP contribution in [-0.4, -0.2) is 15.8 Å². The number of hydrogen-bond donors (Lipinski definition) is 0. The first-order valence-electron chi connectivity index (χ1n) is 6.12. The van der Waals surface area contributed by atoms with E-state index in [-0.39, 0.29) is 12.2 Å². The Balaban J connectivity index is 1.87. The summed E-state index contributed by atoms with van der Waals surface area (Å²) in [5.41, 5.74) is 2.17. The van der Waals surface area contributed by atoms with Gasteiger partial charge < -0.3 is 0 Å². The van der Waals surface area contributed by atoms with Crippen LogP contribution in [0.3, 0.4) is 0 Å². The van der Waals surface area contributed by atoms with Crippen LogP contribution < -0.4 is 0 Å². The third-order valence-electron chi connectivity index (χ3n) is 2.95. The Labute approximate surface area is 111 Å². The van der Waals surface area contributed by atoms with Crippen molar-refractivity contribution in [3.05, 3.63) is 72.2 Å². The van der Waals surface area contributed by atoms with Crippen molar-refractivity contribution >= 4 is 16.7 Å². The van der Waals surface area contributed by atoms with Crippen LogP contribution >= 0.6 is 0 Å². The standard InChI is InChI=1S/C16H12N2O/c19-16(15-7-3-4-10-17-15)11-13-9-8-12-5-1-2-6-14(12)18-13/h1-10H,11H2. The van der Waals surface area contributed by atoms with Gasteiger partial charge >= 0.3 is 0 Å². The van der Waals surface area contributed by atoms with Gasteiger partial charge in [-0.2, -0.15) is 0 Å². The molecular formula is C16H12N2O. The number of benzene rings is 1. The summed E-state index contributed by atoms with van der Waals surface area (Å²) in [7, 11) is 0. The maximum atomic E-state index is 12.0. The topological polar surface area (TPSA) is 42.9 Å². The number of nitrogens with zero attached hydrogens (tertiary/aromatic N) is 2. The molecule has 0 aliphatic carbocycles. The molecule has 3 nitrogen and oxygen atoms in total. The molecule has 1 aromatic carbocycles. The molecule has 0 amide bonds. The molecule has 92 valence electrons. The first-order chi connectivity index (χ1) is 9.33. The Hall–Kier alpha value is -2.55. The van der Waals surface area contributed by atoms with Crippen LogP contribution in [0.1, 0.15) is 16.2 Å². The van der Waals surface area contributed by atoms with E-state index in [0.29, 0.717) is 5.69 Å². The van der Waals surface area contributed by atoms with E-state index in [9.17, 15) is 4.79 Å². The number of carbonyl (C=O) groups excluding carboxylic acids is 1. The molecule has 0 aliphatic rings. The summed E-state index contributed by atoms with van der Waals surface area (Å²) in [6.45, 7) is 0. The fourth-order valence-electron chi connectivity index (χ4n) is 1.99. The van der Waals surface area contributed by atoms with E-state index >= 15 is 0 Å². The first kappa shape index (κ1) is 11.5. The van der Waals surface area contributed by atoms with Crippen LogP contribution in [-0.2, 0) is 6.42 Å². The van der Waals surface area contributed by atoms with Crippen LogP contribution in [0.15, 0.2) is 60.8 Å². The number of hydrogen-bond acceptors (Lipinski definition) is 3. The highest BCUT2D eigenvalue weighted by Gasteiger charge is 2.09. The van der Waals surface area contributed by atoms with Gasteiger partial charge in [-0.25, -0.2) is 0 Å². The lowest BCUT2D eigenvalue weighted by Crippen LogP contribution is -2.06. The summed E-state index contributed by atoms with van der Waals surface area (Å²) in [5, 5.41) is 1.08. The van der Waals surface area contributed by atoms with Crippen LogP contribution in [0.5, 0.6) is 0 Å². The summed E-state index contributed by atoms with van der Waals surface area (Å²) in [6.07, 6.45) is 1.91. The minimum Gasteiger partial charge on any atom is -0.292 e. The number of carbonyl (C=O) groups is 1. The zero-order valence-electron chi connectivity index (χ0n) is 10.3. The molecule has 2 aromatic heterocycles. The number of aromatic nitrogens is 2. The summed E-state index contributed by atoms with van der Waals surface area (Å²) < 4.78 is 0. The summed E-state index contributed by atoms with van der Waals surface area (Å²) >= 11 is 0. The number of para-hydroxylation sites is 1. The van der Waals surface area contributed by atoms with Crippen molar-refractivity contribution in [3.63, 3.8) is 0 Å². The SMILES string of the molecule is O=C(Cc1ccc2ccccc2n1)c1ccccn1. The van der Waals surface area contributed by atoms with E-state index in [1.54, 1.807) is 18.3 Å². The molecule has 0 N–H and O–H groups in total. The number of rotatable bonds is 3. The molecule has 0 aliphatic heterocycles. The Morgan fingerprint density at radius 3 is 2.63 bits per heavy atom. The largest absolute Gasteiger partial charge is 0.292 e. The second kappa shape index (κ2) is 4.98. The number of pyridine rings is 2. The lowest BCUT2D eigenvalue weighted by molar-refractivity contribution is 0.0987. The average molecular weight is 248 g/mol. The molecule has 0 fully saturated rings. The van der Waals surface area contributed by atoms with E-state index in [1.807, 2.05) is 42.5 Å². The van der Waals surface area contributed by atoms with Gasteiger partial charge in [0.1, 0.15) is 5.69 Å². The van der Waals surface area contributed by atoms with Gasteiger partial charge in [0.25, 0.3) is 0 Å². The Morgan fingerprint density at radius 2 is 1.79 bits per heavy atom. The monoisotopic (exact) mass is 248 g/mol. The molecule has 0 atom stereocenters. The number of Topliss-reactive ketones (excluding diaryl/α,β-unsaturated/α-hetero) is 1. The average Bonchev–Trinajstić information content (AvgIpc) is 2.48. The molecule has 3 aromatic rings. The van der Waals surface area contributed by atoms with Gasteiger partial charge in [0.05, 0.1) is 11.9 Å². The van der Waals surface area contributed by atoms with Crippen LogP contribution in [0.4, 0.5) is 0 Å². The molecule has 2 heterocycles. The van der Waals surface area contributed by atoms with E-state index in [4.69, 9.17) is 0 Å². The van der Waals surface area contributed by atoms with Crippen molar-refractivity contribution in [3.8, 4) is 0 Å². The smallest absolute Gasteiger partial charge is 0.187 e. The third-order valence-corrected chi connectivity index (χ3v) is 2.95. The lowest BCUT2D eigenvalue weighted by atomic mass is 10.1. The molecule has 0 saturated carbocycles. The normalized spacial score (nSPS) is 10.5. The first-order valence-corrected chi connectivity index (χ1v) is 6.12. The van der Waals surface area contributed by atoms with Crippen LogP contribution in [0.25, 0.3) is 10.9 Å². The molecule has 0 radical (unpaired) electrons. The minimum absolute atomic E-state index is 0.0108. The van der Waals surface area contributed by atoms with Crippen molar-refractivity contribution in [1.82, 2.24) is 9.97 Å². The fraction of sp³-hybridized carbons (Fsp3) is 0.0625. The second-order valence-corrected chi connectivity index (χ2v) is 4.31. The van der Waals surface area contributed by atoms with Crippen molar-refractivity contribution in [1.29, 1.82) is 0 Å². The highest BCUT2D eigenvalue weighted by Crippen LogP contribution is 2.13. The van der Waals surface area contributed by atoms with Gasteiger partial charge in [-0.1, -0.05) is 30.3 Å². The van der Waals surface area contributed by atoms with Crippen molar-refractivity contribution in [2.24, 2.45) is 0 Å². The summed E-state index contributed by atoms with van der Waals surface area (Å²) in [5.74, 6) is -0.0108. The zero-order chi connectivity index (χ0) is 13.1. The van der Waals surface area contributed by atoms with Gasteiger partial charge in [-0.05, 0) is 24.3 Å². The van der Waals surface area contributed by atoms with Gasteiger partial charge in [-0.3, -0.25) is 14.8 Å². The molecule has 0 unspecified atom stereocenters. The summed E-state index contributed by atoms with van der Waals surface area (Å²) in [6, 6.07) is 17.1. The van der Waals surface area contributed by atoms with E-state index in [2.05, 4.69) is 9.97 Å². The quantitative estimate of drug-likeness (QED) is 0.669. The highest BCUT2D eigenvalue weighted by molar-refractivity contribution is 5.95. The molecular weight excluding hydrogens is 236 g/mol. The molecule has 0 bridgehead atoms. The van der Waals surface area contributed by atoms with Crippen LogP contribution in [0.2, 0.25) is 0 Å².